The van der Waals surface area contributed by atoms with Crippen LogP contribution in [0.15, 0.2) is 0 Å². The standard InChI is InChI=1S/C4H11NO3.CH7O3PSi/c5-4(1-6,2-7)3-8;1-6-4-5(2)3/h6-8H,1-3,5H2;2-3H,6H2,1H3. The highest BCUT2D eigenvalue weighted by atomic mass is 31.2. The molecule has 0 bridgehead atoms. The lowest BCUT2D eigenvalue weighted by Gasteiger charge is -2.20. The highest BCUT2D eigenvalue weighted by molar-refractivity contribution is 7.40. The summed E-state index contributed by atoms with van der Waals surface area (Å²) in [5.74, 6) is 0. The van der Waals surface area contributed by atoms with E-state index in [1.54, 1.807) is 0 Å². The Morgan fingerprint density at radius 2 is 1.57 bits per heavy atom. The summed E-state index contributed by atoms with van der Waals surface area (Å²) in [7, 11) is -2.64. The highest BCUT2D eigenvalue weighted by Gasteiger charge is 2.20. The largest absolute Gasteiger partial charge is 0.394 e. The minimum atomic E-state index is -2.04. The fourth-order valence-corrected chi connectivity index (χ4v) is 1.19. The summed E-state index contributed by atoms with van der Waals surface area (Å²) in [5.41, 5.74) is 3.94. The quantitative estimate of drug-likeness (QED) is 0.225. The molecule has 0 fully saturated rings. The molecule has 0 rings (SSSR count). The molecular formula is C5H18NO6PSi. The van der Waals surface area contributed by atoms with Gasteiger partial charge >= 0.3 is 8.60 Å². The second kappa shape index (κ2) is 9.90. The molecule has 14 heavy (non-hydrogen) atoms. The summed E-state index contributed by atoms with van der Waals surface area (Å²) >= 11 is 0. The first-order valence-electron chi connectivity index (χ1n) is 3.88. The molecule has 0 heterocycles. The molecule has 0 saturated heterocycles. The maximum Gasteiger partial charge on any atom is 0.315 e. The molecule has 0 unspecified atom stereocenters. The van der Waals surface area contributed by atoms with E-state index in [9.17, 15) is 0 Å². The van der Waals surface area contributed by atoms with Crippen molar-refractivity contribution in [2.45, 2.75) is 12.1 Å². The van der Waals surface area contributed by atoms with Crippen LogP contribution in [0, 0.1) is 0 Å². The van der Waals surface area contributed by atoms with Crippen LogP contribution in [0.4, 0.5) is 0 Å². The van der Waals surface area contributed by atoms with Gasteiger partial charge in [0.1, 0.15) is 0 Å². The van der Waals surface area contributed by atoms with Gasteiger partial charge in [0.25, 0.3) is 0 Å². The Labute approximate surface area is 86.1 Å². The minimum absolute atomic E-state index is 0.403. The summed E-state index contributed by atoms with van der Waals surface area (Å²) in [6, 6.07) is 0. The minimum Gasteiger partial charge on any atom is -0.394 e. The van der Waals surface area contributed by atoms with Gasteiger partial charge in [0.05, 0.1) is 25.4 Å². The molecule has 0 atom stereocenters. The van der Waals surface area contributed by atoms with E-state index in [0.717, 1.165) is 0 Å². The second-order valence-electron chi connectivity index (χ2n) is 2.51. The van der Waals surface area contributed by atoms with Crippen LogP contribution in [-0.2, 0) is 4.21 Å². The van der Waals surface area contributed by atoms with Crippen LogP contribution in [-0.4, -0.2) is 60.2 Å². The molecule has 0 radical (unpaired) electrons. The van der Waals surface area contributed by atoms with Crippen molar-refractivity contribution in [1.29, 1.82) is 0 Å². The van der Waals surface area contributed by atoms with E-state index >= 15 is 0 Å². The fourth-order valence-electron chi connectivity index (χ4n) is 0.265. The molecule has 9 heteroatoms. The monoisotopic (exact) mass is 247 g/mol. The Kier molecular flexibility index (Phi) is 11.9. The molecule has 0 aromatic carbocycles. The fraction of sp³-hybridized carbons (Fsp3) is 1.00. The van der Waals surface area contributed by atoms with Crippen molar-refractivity contribution in [2.24, 2.45) is 5.73 Å². The average Bonchev–Trinajstić information content (AvgIpc) is 2.17. The molecular weight excluding hydrogens is 229 g/mol. The number of nitrogens with two attached hydrogens (primary N) is 1. The molecule has 88 valence electrons. The predicted molar refractivity (Wildman–Crippen MR) is 55.0 cm³/mol. The number of hydrogen-bond acceptors (Lipinski definition) is 7. The van der Waals surface area contributed by atoms with Crippen molar-refractivity contribution < 1.29 is 29.3 Å². The lowest BCUT2D eigenvalue weighted by atomic mass is 10.1. The first-order chi connectivity index (χ1) is 6.45. The van der Waals surface area contributed by atoms with Crippen LogP contribution >= 0.6 is 8.60 Å². The van der Waals surface area contributed by atoms with Gasteiger partial charge in [-0.2, -0.15) is 0 Å². The maximum absolute atomic E-state index is 8.34. The van der Waals surface area contributed by atoms with E-state index in [-0.39, 0.29) is 0 Å². The van der Waals surface area contributed by atoms with Gasteiger partial charge in [-0.15, -0.1) is 0 Å². The Bertz CT molecular complexity index is 117. The summed E-state index contributed by atoms with van der Waals surface area (Å²) in [5, 5.41) is 25.0. The Morgan fingerprint density at radius 3 is 1.57 bits per heavy atom. The Hall–Kier alpha value is 0.367. The zero-order chi connectivity index (χ0) is 11.6. The third-order valence-corrected chi connectivity index (χ3v) is 3.15. The van der Waals surface area contributed by atoms with Gasteiger partial charge < -0.3 is 35.1 Å². The van der Waals surface area contributed by atoms with E-state index in [4.69, 9.17) is 30.8 Å². The second-order valence-corrected chi connectivity index (χ2v) is 4.62. The zero-order valence-corrected chi connectivity index (χ0v) is 10.3. The van der Waals surface area contributed by atoms with E-state index in [0.29, 0.717) is 0 Å². The number of rotatable bonds is 5. The molecule has 0 aromatic rings. The maximum atomic E-state index is 8.34. The molecule has 7 nitrogen and oxygen atoms in total. The van der Waals surface area contributed by atoms with Crippen molar-refractivity contribution >= 4 is 18.4 Å². The van der Waals surface area contributed by atoms with Gasteiger partial charge in [0, 0.05) is 0 Å². The van der Waals surface area contributed by atoms with Crippen LogP contribution in [0.1, 0.15) is 0 Å². The number of aliphatic hydroxyl groups excluding tert-OH is 3. The Morgan fingerprint density at radius 1 is 1.21 bits per heavy atom. The van der Waals surface area contributed by atoms with E-state index in [2.05, 4.69) is 4.21 Å². The van der Waals surface area contributed by atoms with Gasteiger partial charge in [-0.3, -0.25) is 0 Å². The summed E-state index contributed by atoms with van der Waals surface area (Å²) < 4.78 is 4.36. The first kappa shape index (κ1) is 16.8. The third kappa shape index (κ3) is 10.4. The van der Waals surface area contributed by atoms with Gasteiger partial charge in [0.15, 0.2) is 9.76 Å². The molecule has 0 aromatic heterocycles. The highest BCUT2D eigenvalue weighted by Crippen LogP contribution is 2.22. The number of aliphatic hydroxyl groups is 3. The molecule has 0 aliphatic rings. The SMILES string of the molecule is C[SiH2]OP(O)O.NC(CO)(CO)CO. The molecule has 0 saturated carbocycles. The van der Waals surface area contributed by atoms with Gasteiger partial charge in [-0.1, -0.05) is 6.55 Å². The van der Waals surface area contributed by atoms with Crippen LogP contribution in [0.5, 0.6) is 0 Å². The van der Waals surface area contributed by atoms with Crippen molar-refractivity contribution in [1.82, 2.24) is 0 Å². The van der Waals surface area contributed by atoms with Crippen molar-refractivity contribution in [3.8, 4) is 0 Å². The van der Waals surface area contributed by atoms with Gasteiger partial charge in [0.2, 0.25) is 0 Å². The topological polar surface area (TPSA) is 136 Å². The lowest BCUT2D eigenvalue weighted by molar-refractivity contribution is 0.0697. The predicted octanol–water partition coefficient (Wildman–Crippen LogP) is -2.99. The third-order valence-electron chi connectivity index (χ3n) is 1.19. The van der Waals surface area contributed by atoms with E-state index < -0.39 is 43.7 Å². The molecule has 7 N–H and O–H groups in total. The van der Waals surface area contributed by atoms with Crippen LogP contribution in [0.2, 0.25) is 6.55 Å². The lowest BCUT2D eigenvalue weighted by Crippen LogP contribution is -2.50. The summed E-state index contributed by atoms with van der Waals surface area (Å²) in [6.45, 7) is 0.627. The Balaban J connectivity index is 0. The molecule has 0 aliphatic heterocycles. The van der Waals surface area contributed by atoms with Gasteiger partial charge in [-0.25, -0.2) is 0 Å². The van der Waals surface area contributed by atoms with Crippen molar-refractivity contribution in [2.75, 3.05) is 19.8 Å². The number of hydrogen-bond donors (Lipinski definition) is 6. The van der Waals surface area contributed by atoms with Gasteiger partial charge in [-0.05, 0) is 0 Å². The normalized spacial score (nSPS) is 12.0. The average molecular weight is 247 g/mol. The summed E-state index contributed by atoms with van der Waals surface area (Å²) in [4.78, 5) is 16.0. The smallest absolute Gasteiger partial charge is 0.315 e. The first-order valence-corrected chi connectivity index (χ1v) is 7.03. The van der Waals surface area contributed by atoms with Crippen LogP contribution in [0.25, 0.3) is 0 Å². The molecule has 0 amide bonds. The van der Waals surface area contributed by atoms with E-state index in [1.807, 2.05) is 6.55 Å². The molecule has 0 spiro atoms. The van der Waals surface area contributed by atoms with Crippen LogP contribution < -0.4 is 5.73 Å². The van der Waals surface area contributed by atoms with Crippen molar-refractivity contribution in [3.05, 3.63) is 0 Å². The van der Waals surface area contributed by atoms with Crippen LogP contribution in [0.3, 0.4) is 0 Å². The van der Waals surface area contributed by atoms with Crippen molar-refractivity contribution in [3.63, 3.8) is 0 Å². The molecule has 0 aliphatic carbocycles. The zero-order valence-electron chi connectivity index (χ0n) is 8.00. The van der Waals surface area contributed by atoms with E-state index in [1.165, 1.54) is 0 Å². The summed E-state index contributed by atoms with van der Waals surface area (Å²) in [6.07, 6.45) is 0.